The molecule has 0 heterocycles. The number of hydrogen-bond donors (Lipinski definition) is 1. The minimum absolute atomic E-state index is 0.330. The van der Waals surface area contributed by atoms with Gasteiger partial charge in [0, 0.05) is 24.6 Å². The third-order valence-electron chi connectivity index (χ3n) is 5.12. The second-order valence-corrected chi connectivity index (χ2v) is 6.70. The largest absolute Gasteiger partial charge is 0.381 e. The van der Waals surface area contributed by atoms with Crippen molar-refractivity contribution in [2.45, 2.75) is 64.1 Å². The molecule has 0 aromatic rings. The molecule has 0 aromatic carbocycles. The molecule has 2 nitrogen and oxygen atoms in total. The van der Waals surface area contributed by atoms with Gasteiger partial charge in [-0.25, -0.2) is 0 Å². The van der Waals surface area contributed by atoms with Crippen LogP contribution in [-0.4, -0.2) is 25.3 Å². The molecule has 0 saturated heterocycles. The first kappa shape index (κ1) is 11.0. The van der Waals surface area contributed by atoms with E-state index in [9.17, 15) is 0 Å². The Hall–Kier alpha value is -0.0800. The van der Waals surface area contributed by atoms with Crippen molar-refractivity contribution in [3.8, 4) is 0 Å². The Bertz CT molecular complexity index is 256. The first-order chi connectivity index (χ1) is 7.63. The first-order valence-electron chi connectivity index (χ1n) is 6.91. The summed E-state index contributed by atoms with van der Waals surface area (Å²) in [5, 5.41) is 3.95. The Kier molecular flexibility index (Phi) is 2.56. The normalized spacial score (nSPS) is 37.5. The summed E-state index contributed by atoms with van der Waals surface area (Å²) < 4.78 is 5.53. The fraction of sp³-hybridized carbons (Fsp3) is 1.00. The molecule has 3 aliphatic rings. The van der Waals surface area contributed by atoms with Crippen molar-refractivity contribution in [2.75, 3.05) is 7.11 Å². The van der Waals surface area contributed by atoms with Crippen LogP contribution in [0.25, 0.3) is 0 Å². The van der Waals surface area contributed by atoms with Gasteiger partial charge in [0.25, 0.3) is 0 Å². The summed E-state index contributed by atoms with van der Waals surface area (Å²) in [4.78, 5) is 0. The van der Waals surface area contributed by atoms with Gasteiger partial charge < -0.3 is 10.1 Å². The topological polar surface area (TPSA) is 21.3 Å². The summed E-state index contributed by atoms with van der Waals surface area (Å²) in [7, 11) is 1.85. The van der Waals surface area contributed by atoms with E-state index in [1.54, 1.807) is 0 Å². The van der Waals surface area contributed by atoms with E-state index < -0.39 is 0 Å². The third kappa shape index (κ3) is 1.80. The molecule has 3 saturated carbocycles. The van der Waals surface area contributed by atoms with Crippen LogP contribution in [0.1, 0.15) is 46.0 Å². The first-order valence-corrected chi connectivity index (χ1v) is 6.91. The van der Waals surface area contributed by atoms with Crippen LogP contribution in [0.2, 0.25) is 0 Å². The predicted molar refractivity (Wildman–Crippen MR) is 65.4 cm³/mol. The zero-order valence-electron chi connectivity index (χ0n) is 10.8. The second kappa shape index (κ2) is 3.71. The van der Waals surface area contributed by atoms with E-state index in [1.807, 2.05) is 7.11 Å². The Morgan fingerprint density at radius 3 is 2.06 bits per heavy atom. The molecule has 3 rings (SSSR count). The molecular formula is C14H25NO. The average molecular weight is 223 g/mol. The molecule has 3 fully saturated rings. The van der Waals surface area contributed by atoms with E-state index in [-0.39, 0.29) is 0 Å². The highest BCUT2D eigenvalue weighted by Crippen LogP contribution is 2.48. The summed E-state index contributed by atoms with van der Waals surface area (Å²) in [6.45, 7) is 4.69. The fourth-order valence-corrected chi connectivity index (χ4v) is 3.37. The molecule has 0 radical (unpaired) electrons. The van der Waals surface area contributed by atoms with E-state index in [0.717, 1.165) is 17.9 Å². The summed E-state index contributed by atoms with van der Waals surface area (Å²) >= 11 is 0. The van der Waals surface area contributed by atoms with Gasteiger partial charge in [-0.2, -0.15) is 0 Å². The molecule has 16 heavy (non-hydrogen) atoms. The zero-order chi connectivity index (χ0) is 11.3. The lowest BCUT2D eigenvalue weighted by molar-refractivity contribution is -0.101. The van der Waals surface area contributed by atoms with E-state index in [0.29, 0.717) is 17.6 Å². The number of nitrogens with one attached hydrogen (secondary N) is 1. The van der Waals surface area contributed by atoms with Crippen molar-refractivity contribution < 1.29 is 4.74 Å². The number of methoxy groups -OCH3 is 1. The molecule has 3 aliphatic carbocycles. The van der Waals surface area contributed by atoms with Crippen LogP contribution < -0.4 is 5.32 Å². The molecule has 0 spiro atoms. The molecular weight excluding hydrogens is 198 g/mol. The van der Waals surface area contributed by atoms with Gasteiger partial charge in [0.2, 0.25) is 0 Å². The lowest BCUT2D eigenvalue weighted by atomic mass is 9.64. The van der Waals surface area contributed by atoms with E-state index in [4.69, 9.17) is 4.74 Å². The number of hydrogen-bond acceptors (Lipinski definition) is 2. The molecule has 2 unspecified atom stereocenters. The van der Waals surface area contributed by atoms with Crippen molar-refractivity contribution in [2.24, 2.45) is 17.3 Å². The molecule has 1 N–H and O–H groups in total. The standard InChI is InChI=1S/C14H25NO/c1-14(2)11(8-12(14)16-3)15-13(9-4-5-9)10-6-7-10/h9-13,15H,4-8H2,1-3H3. The third-order valence-corrected chi connectivity index (χ3v) is 5.12. The quantitative estimate of drug-likeness (QED) is 0.773. The van der Waals surface area contributed by atoms with Crippen LogP contribution in [0.4, 0.5) is 0 Å². The van der Waals surface area contributed by atoms with Crippen molar-refractivity contribution in [3.05, 3.63) is 0 Å². The van der Waals surface area contributed by atoms with Gasteiger partial charge in [-0.3, -0.25) is 0 Å². The summed E-state index contributed by atoms with van der Waals surface area (Å²) in [6.07, 6.45) is 7.54. The lowest BCUT2D eigenvalue weighted by Crippen LogP contribution is -2.63. The maximum atomic E-state index is 5.53. The van der Waals surface area contributed by atoms with E-state index in [1.165, 1.54) is 32.1 Å². The lowest BCUT2D eigenvalue weighted by Gasteiger charge is -2.52. The molecule has 0 aliphatic heterocycles. The minimum Gasteiger partial charge on any atom is -0.381 e. The van der Waals surface area contributed by atoms with Gasteiger partial charge in [-0.1, -0.05) is 13.8 Å². The van der Waals surface area contributed by atoms with Gasteiger partial charge in [0.1, 0.15) is 0 Å². The van der Waals surface area contributed by atoms with Crippen LogP contribution in [0.3, 0.4) is 0 Å². The molecule has 0 aromatic heterocycles. The van der Waals surface area contributed by atoms with Crippen molar-refractivity contribution in [1.29, 1.82) is 0 Å². The fourth-order valence-electron chi connectivity index (χ4n) is 3.37. The van der Waals surface area contributed by atoms with Gasteiger partial charge in [-0.05, 0) is 43.9 Å². The second-order valence-electron chi connectivity index (χ2n) is 6.70. The molecule has 0 amide bonds. The molecule has 2 atom stereocenters. The smallest absolute Gasteiger partial charge is 0.0652 e. The Morgan fingerprint density at radius 2 is 1.69 bits per heavy atom. The SMILES string of the molecule is COC1CC(NC(C2CC2)C2CC2)C1(C)C. The van der Waals surface area contributed by atoms with Crippen LogP contribution in [0, 0.1) is 17.3 Å². The zero-order valence-corrected chi connectivity index (χ0v) is 10.8. The maximum absolute atomic E-state index is 5.53. The maximum Gasteiger partial charge on any atom is 0.0652 e. The molecule has 92 valence electrons. The van der Waals surface area contributed by atoms with E-state index >= 15 is 0 Å². The van der Waals surface area contributed by atoms with Crippen LogP contribution in [0.15, 0.2) is 0 Å². The number of ether oxygens (including phenoxy) is 1. The Morgan fingerprint density at radius 1 is 1.12 bits per heavy atom. The van der Waals surface area contributed by atoms with Crippen LogP contribution >= 0.6 is 0 Å². The van der Waals surface area contributed by atoms with Gasteiger partial charge in [0.15, 0.2) is 0 Å². The van der Waals surface area contributed by atoms with Gasteiger partial charge >= 0.3 is 0 Å². The molecule has 2 heteroatoms. The van der Waals surface area contributed by atoms with Crippen molar-refractivity contribution >= 4 is 0 Å². The monoisotopic (exact) mass is 223 g/mol. The van der Waals surface area contributed by atoms with Crippen molar-refractivity contribution in [3.63, 3.8) is 0 Å². The highest BCUT2D eigenvalue weighted by molar-refractivity contribution is 5.07. The van der Waals surface area contributed by atoms with Gasteiger partial charge in [-0.15, -0.1) is 0 Å². The summed E-state index contributed by atoms with van der Waals surface area (Å²) in [5.74, 6) is 2.01. The molecule has 0 bridgehead atoms. The highest BCUT2D eigenvalue weighted by Gasteiger charge is 2.51. The Labute approximate surface area is 99.1 Å². The van der Waals surface area contributed by atoms with Crippen LogP contribution in [0.5, 0.6) is 0 Å². The minimum atomic E-state index is 0.330. The summed E-state index contributed by atoms with van der Waals surface area (Å²) in [6, 6.07) is 1.52. The van der Waals surface area contributed by atoms with Crippen LogP contribution in [-0.2, 0) is 4.74 Å². The Balaban J connectivity index is 1.58. The van der Waals surface area contributed by atoms with Crippen molar-refractivity contribution in [1.82, 2.24) is 5.32 Å². The number of rotatable bonds is 5. The predicted octanol–water partition coefficient (Wildman–Crippen LogP) is 2.58. The summed E-state index contributed by atoms with van der Waals surface area (Å²) in [5.41, 5.74) is 0.330. The average Bonchev–Trinajstić information content (AvgIpc) is 3.10. The van der Waals surface area contributed by atoms with Gasteiger partial charge in [0.05, 0.1) is 6.10 Å². The highest BCUT2D eigenvalue weighted by atomic mass is 16.5. The van der Waals surface area contributed by atoms with E-state index in [2.05, 4.69) is 19.2 Å².